The second-order valence-corrected chi connectivity index (χ2v) is 9.58. The molecule has 1 fully saturated rings. The number of nitrogens with zero attached hydrogens (tertiary/aromatic N) is 3. The summed E-state index contributed by atoms with van der Waals surface area (Å²) in [5, 5.41) is 0. The van der Waals surface area contributed by atoms with E-state index >= 15 is 0 Å². The van der Waals surface area contributed by atoms with Crippen molar-refractivity contribution in [1.29, 1.82) is 0 Å². The Morgan fingerprint density at radius 3 is 2.44 bits per heavy atom. The average Bonchev–Trinajstić information content (AvgIpc) is 3.58. The van der Waals surface area contributed by atoms with E-state index in [1.807, 2.05) is 41.3 Å². The zero-order chi connectivity index (χ0) is 23.1. The standard InChI is InChI=1S/C26H24BrN3O4/c27-20-4-1-18(2-5-20)16-30-21-7-12-32-24(21)14-22(30)26(31)29-10-8-28(9-11-29)15-19-3-6-23-25(13-19)34-17-33-23/h1-7,12-14H,8-11,15-17H2. The minimum Gasteiger partial charge on any atom is -0.463 e. The molecule has 0 radical (unpaired) electrons. The molecule has 2 aromatic carbocycles. The molecular formula is C26H24BrN3O4. The first-order chi connectivity index (χ1) is 16.6. The van der Waals surface area contributed by atoms with Crippen LogP contribution in [-0.2, 0) is 13.1 Å². The lowest BCUT2D eigenvalue weighted by Gasteiger charge is -2.35. The fourth-order valence-corrected chi connectivity index (χ4v) is 4.93. The van der Waals surface area contributed by atoms with Gasteiger partial charge in [-0.15, -0.1) is 0 Å². The maximum atomic E-state index is 13.5. The first-order valence-electron chi connectivity index (χ1n) is 11.4. The molecule has 4 aromatic rings. The number of aromatic nitrogens is 1. The minimum atomic E-state index is 0.0474. The molecule has 0 unspecified atom stereocenters. The molecule has 4 heterocycles. The van der Waals surface area contributed by atoms with Gasteiger partial charge in [0.2, 0.25) is 6.79 Å². The second kappa shape index (κ2) is 8.85. The number of carbonyl (C=O) groups is 1. The molecule has 174 valence electrons. The van der Waals surface area contributed by atoms with Gasteiger partial charge >= 0.3 is 0 Å². The van der Waals surface area contributed by atoms with E-state index in [9.17, 15) is 4.79 Å². The molecule has 2 aromatic heterocycles. The van der Waals surface area contributed by atoms with Gasteiger partial charge in [-0.3, -0.25) is 9.69 Å². The van der Waals surface area contributed by atoms with Gasteiger partial charge in [-0.25, -0.2) is 0 Å². The highest BCUT2D eigenvalue weighted by Gasteiger charge is 2.26. The molecule has 8 heteroatoms. The van der Waals surface area contributed by atoms with Crippen LogP contribution in [0.5, 0.6) is 11.5 Å². The molecule has 0 N–H and O–H groups in total. The third kappa shape index (κ3) is 4.08. The zero-order valence-electron chi connectivity index (χ0n) is 18.6. The van der Waals surface area contributed by atoms with Gasteiger partial charge in [0.15, 0.2) is 17.1 Å². The summed E-state index contributed by atoms with van der Waals surface area (Å²) in [7, 11) is 0. The van der Waals surface area contributed by atoms with Crippen molar-refractivity contribution in [2.45, 2.75) is 13.1 Å². The largest absolute Gasteiger partial charge is 0.463 e. The zero-order valence-corrected chi connectivity index (χ0v) is 20.2. The summed E-state index contributed by atoms with van der Waals surface area (Å²) in [4.78, 5) is 17.8. The molecule has 0 spiro atoms. The van der Waals surface area contributed by atoms with Crippen LogP contribution < -0.4 is 9.47 Å². The monoisotopic (exact) mass is 521 g/mol. The van der Waals surface area contributed by atoms with Gasteiger partial charge in [-0.1, -0.05) is 34.1 Å². The molecule has 1 saturated heterocycles. The summed E-state index contributed by atoms with van der Waals surface area (Å²) in [6, 6.07) is 18.1. The van der Waals surface area contributed by atoms with E-state index < -0.39 is 0 Å². The Labute approximate surface area is 205 Å². The number of halogens is 1. The smallest absolute Gasteiger partial charge is 0.270 e. The van der Waals surface area contributed by atoms with E-state index in [0.29, 0.717) is 25.3 Å². The Morgan fingerprint density at radius 1 is 0.853 bits per heavy atom. The van der Waals surface area contributed by atoms with Crippen molar-refractivity contribution in [2.75, 3.05) is 33.0 Å². The molecule has 0 saturated carbocycles. The molecule has 0 bridgehead atoms. The van der Waals surface area contributed by atoms with Crippen LogP contribution in [-0.4, -0.2) is 53.2 Å². The van der Waals surface area contributed by atoms with Gasteiger partial charge in [0.05, 0.1) is 11.8 Å². The van der Waals surface area contributed by atoms with Crippen LogP contribution in [0.1, 0.15) is 21.6 Å². The second-order valence-electron chi connectivity index (χ2n) is 8.67. The summed E-state index contributed by atoms with van der Waals surface area (Å²) >= 11 is 3.49. The lowest BCUT2D eigenvalue weighted by molar-refractivity contribution is 0.0619. The van der Waals surface area contributed by atoms with E-state index in [2.05, 4.69) is 43.6 Å². The number of ether oxygens (including phenoxy) is 2. The summed E-state index contributed by atoms with van der Waals surface area (Å²) < 4.78 is 19.6. The number of fused-ring (bicyclic) bond motifs is 2. The molecule has 7 nitrogen and oxygen atoms in total. The highest BCUT2D eigenvalue weighted by atomic mass is 79.9. The summed E-state index contributed by atoms with van der Waals surface area (Å²) in [6.07, 6.45) is 1.67. The van der Waals surface area contributed by atoms with Crippen molar-refractivity contribution in [3.8, 4) is 11.5 Å². The van der Waals surface area contributed by atoms with Gasteiger partial charge in [0.25, 0.3) is 5.91 Å². The van der Waals surface area contributed by atoms with Gasteiger partial charge in [0, 0.05) is 55.9 Å². The number of hydrogen-bond acceptors (Lipinski definition) is 5. The van der Waals surface area contributed by atoms with Crippen LogP contribution in [0.2, 0.25) is 0 Å². The SMILES string of the molecule is O=C(c1cc2occc2n1Cc1ccc(Br)cc1)N1CCN(Cc2ccc3c(c2)OCO3)CC1. The number of rotatable bonds is 5. The predicted octanol–water partition coefficient (Wildman–Crippen LogP) is 4.73. The van der Waals surface area contributed by atoms with Gasteiger partial charge in [0.1, 0.15) is 5.69 Å². The Kier molecular flexibility index (Phi) is 5.55. The summed E-state index contributed by atoms with van der Waals surface area (Å²) in [6.45, 7) is 4.75. The summed E-state index contributed by atoms with van der Waals surface area (Å²) in [5.41, 5.74) is 4.66. The number of carbonyl (C=O) groups excluding carboxylic acids is 1. The fraction of sp³-hybridized carbons (Fsp3) is 0.269. The topological polar surface area (TPSA) is 60.1 Å². The third-order valence-electron chi connectivity index (χ3n) is 6.50. The number of benzene rings is 2. The first kappa shape index (κ1) is 21.3. The minimum absolute atomic E-state index is 0.0474. The quantitative estimate of drug-likeness (QED) is 0.380. The van der Waals surface area contributed by atoms with E-state index in [-0.39, 0.29) is 12.7 Å². The van der Waals surface area contributed by atoms with Crippen molar-refractivity contribution in [1.82, 2.24) is 14.4 Å². The lowest BCUT2D eigenvalue weighted by Crippen LogP contribution is -2.48. The van der Waals surface area contributed by atoms with Crippen molar-refractivity contribution >= 4 is 32.9 Å². The van der Waals surface area contributed by atoms with Gasteiger partial charge in [-0.05, 0) is 35.4 Å². The summed E-state index contributed by atoms with van der Waals surface area (Å²) in [5.74, 6) is 1.66. The van der Waals surface area contributed by atoms with Crippen molar-refractivity contribution in [2.24, 2.45) is 0 Å². The van der Waals surface area contributed by atoms with Crippen LogP contribution in [0, 0.1) is 0 Å². The molecule has 2 aliphatic rings. The Morgan fingerprint density at radius 2 is 1.62 bits per heavy atom. The highest BCUT2D eigenvalue weighted by molar-refractivity contribution is 9.10. The predicted molar refractivity (Wildman–Crippen MR) is 131 cm³/mol. The average molecular weight is 522 g/mol. The van der Waals surface area contributed by atoms with Crippen LogP contribution in [0.15, 0.2) is 69.8 Å². The number of amides is 1. The van der Waals surface area contributed by atoms with Crippen LogP contribution >= 0.6 is 15.9 Å². The number of hydrogen-bond donors (Lipinski definition) is 0. The first-order valence-corrected chi connectivity index (χ1v) is 12.1. The molecular weight excluding hydrogens is 498 g/mol. The maximum Gasteiger partial charge on any atom is 0.270 e. The van der Waals surface area contributed by atoms with Crippen molar-refractivity contribution in [3.05, 3.63) is 82.2 Å². The maximum absolute atomic E-state index is 13.5. The number of piperazine rings is 1. The van der Waals surface area contributed by atoms with Crippen LogP contribution in [0.4, 0.5) is 0 Å². The van der Waals surface area contributed by atoms with Crippen molar-refractivity contribution < 1.29 is 18.7 Å². The van der Waals surface area contributed by atoms with E-state index in [0.717, 1.165) is 52.3 Å². The van der Waals surface area contributed by atoms with E-state index in [4.69, 9.17) is 13.9 Å². The highest BCUT2D eigenvalue weighted by Crippen LogP contribution is 2.33. The molecule has 0 aliphatic carbocycles. The van der Waals surface area contributed by atoms with Crippen LogP contribution in [0.25, 0.3) is 11.1 Å². The van der Waals surface area contributed by atoms with Gasteiger partial charge in [-0.2, -0.15) is 0 Å². The molecule has 6 rings (SSSR count). The Bertz CT molecular complexity index is 1340. The molecule has 34 heavy (non-hydrogen) atoms. The third-order valence-corrected chi connectivity index (χ3v) is 7.03. The number of furan rings is 1. The Hall–Kier alpha value is -3.23. The molecule has 0 atom stereocenters. The van der Waals surface area contributed by atoms with Crippen molar-refractivity contribution in [3.63, 3.8) is 0 Å². The fourth-order valence-electron chi connectivity index (χ4n) is 4.67. The van der Waals surface area contributed by atoms with Gasteiger partial charge < -0.3 is 23.4 Å². The lowest BCUT2D eigenvalue weighted by atomic mass is 10.1. The van der Waals surface area contributed by atoms with E-state index in [1.165, 1.54) is 5.56 Å². The normalized spacial score (nSPS) is 15.9. The molecule has 2 aliphatic heterocycles. The van der Waals surface area contributed by atoms with E-state index in [1.54, 1.807) is 6.26 Å². The Balaban J connectivity index is 1.15. The molecule has 1 amide bonds. The van der Waals surface area contributed by atoms with Crippen LogP contribution in [0.3, 0.4) is 0 Å².